The Kier molecular flexibility index (Phi) is 5.55. The van der Waals surface area contributed by atoms with Gasteiger partial charge < -0.3 is 5.32 Å². The van der Waals surface area contributed by atoms with Crippen molar-refractivity contribution in [2.75, 3.05) is 6.54 Å². The van der Waals surface area contributed by atoms with Crippen LogP contribution in [0.2, 0.25) is 0 Å². The van der Waals surface area contributed by atoms with E-state index >= 15 is 0 Å². The van der Waals surface area contributed by atoms with Crippen molar-refractivity contribution in [2.45, 2.75) is 18.4 Å². The Balaban J connectivity index is 2.11. The van der Waals surface area contributed by atoms with E-state index in [4.69, 9.17) is 6.42 Å². The number of hydrogen-bond acceptors (Lipinski definition) is 4. The lowest BCUT2D eigenvalue weighted by atomic mass is 10.2. The van der Waals surface area contributed by atoms with E-state index < -0.39 is 10.0 Å². The second-order valence-corrected chi connectivity index (χ2v) is 7.53. The summed E-state index contributed by atoms with van der Waals surface area (Å²) in [5, 5.41) is 4.75. The molecule has 120 valence electrons. The zero-order valence-corrected chi connectivity index (χ0v) is 14.1. The molecule has 1 amide bonds. The largest absolute Gasteiger partial charge is 0.347 e. The SMILES string of the molecule is C#CCNS(=O)(=O)c1cccc(C(=O)NCc2sccc2C)c1. The number of carbonyl (C=O) groups is 1. The Bertz CT molecular complexity index is 848. The average Bonchev–Trinajstić information content (AvgIpc) is 2.96. The minimum absolute atomic E-state index is 0.00713. The summed E-state index contributed by atoms with van der Waals surface area (Å²) in [7, 11) is -3.71. The van der Waals surface area contributed by atoms with Crippen molar-refractivity contribution in [3.8, 4) is 12.3 Å². The number of aryl methyl sites for hydroxylation is 1. The lowest BCUT2D eigenvalue weighted by Gasteiger charge is -2.08. The molecule has 23 heavy (non-hydrogen) atoms. The van der Waals surface area contributed by atoms with Crippen LogP contribution in [0.1, 0.15) is 20.8 Å². The molecule has 1 aromatic heterocycles. The quantitative estimate of drug-likeness (QED) is 0.783. The molecule has 7 heteroatoms. The van der Waals surface area contributed by atoms with E-state index in [0.717, 1.165) is 10.4 Å². The Morgan fingerprint density at radius 3 is 2.78 bits per heavy atom. The van der Waals surface area contributed by atoms with Crippen LogP contribution < -0.4 is 10.0 Å². The van der Waals surface area contributed by atoms with E-state index in [9.17, 15) is 13.2 Å². The molecule has 0 radical (unpaired) electrons. The third kappa shape index (κ3) is 4.42. The fraction of sp³-hybridized carbons (Fsp3) is 0.188. The average molecular weight is 348 g/mol. The number of sulfonamides is 1. The maximum absolute atomic E-state index is 12.2. The van der Waals surface area contributed by atoms with Gasteiger partial charge in [-0.05, 0) is 42.1 Å². The van der Waals surface area contributed by atoms with Gasteiger partial charge in [0, 0.05) is 10.4 Å². The lowest BCUT2D eigenvalue weighted by Crippen LogP contribution is -2.25. The van der Waals surface area contributed by atoms with Crippen LogP contribution in [-0.4, -0.2) is 20.9 Å². The van der Waals surface area contributed by atoms with Crippen molar-refractivity contribution in [2.24, 2.45) is 0 Å². The summed E-state index contributed by atoms with van der Waals surface area (Å²) in [5.74, 6) is 1.88. The highest BCUT2D eigenvalue weighted by molar-refractivity contribution is 7.89. The Morgan fingerprint density at radius 1 is 1.35 bits per heavy atom. The van der Waals surface area contributed by atoms with E-state index in [0.29, 0.717) is 6.54 Å². The number of nitrogens with one attached hydrogen (secondary N) is 2. The van der Waals surface area contributed by atoms with Gasteiger partial charge in [0.15, 0.2) is 0 Å². The Labute approximate surface area is 139 Å². The number of hydrogen-bond donors (Lipinski definition) is 2. The van der Waals surface area contributed by atoms with Crippen molar-refractivity contribution < 1.29 is 13.2 Å². The molecular formula is C16H16N2O3S2. The maximum atomic E-state index is 12.2. The first-order chi connectivity index (χ1) is 10.9. The van der Waals surface area contributed by atoms with Crippen LogP contribution in [0.5, 0.6) is 0 Å². The molecule has 0 aliphatic carbocycles. The minimum atomic E-state index is -3.71. The molecule has 1 aromatic carbocycles. The number of terminal acetylenes is 1. The van der Waals surface area contributed by atoms with Crippen molar-refractivity contribution in [1.29, 1.82) is 0 Å². The van der Waals surface area contributed by atoms with Crippen LogP contribution in [0.4, 0.5) is 0 Å². The van der Waals surface area contributed by atoms with Gasteiger partial charge in [0.1, 0.15) is 0 Å². The molecule has 2 rings (SSSR count). The van der Waals surface area contributed by atoms with Crippen molar-refractivity contribution >= 4 is 27.3 Å². The fourth-order valence-corrected chi connectivity index (χ4v) is 3.70. The van der Waals surface area contributed by atoms with Gasteiger partial charge in [-0.1, -0.05) is 12.0 Å². The van der Waals surface area contributed by atoms with Crippen LogP contribution >= 0.6 is 11.3 Å². The van der Waals surface area contributed by atoms with Gasteiger partial charge in [0.25, 0.3) is 5.91 Å². The molecule has 0 unspecified atom stereocenters. The summed E-state index contributed by atoms with van der Waals surface area (Å²) in [6.07, 6.45) is 5.05. The number of carbonyl (C=O) groups excluding carboxylic acids is 1. The lowest BCUT2D eigenvalue weighted by molar-refractivity contribution is 0.0951. The molecular weight excluding hydrogens is 332 g/mol. The molecule has 2 N–H and O–H groups in total. The zero-order chi connectivity index (χ0) is 16.9. The van der Waals surface area contributed by atoms with E-state index in [1.807, 2.05) is 18.4 Å². The van der Waals surface area contributed by atoms with Gasteiger partial charge in [-0.3, -0.25) is 4.79 Å². The fourth-order valence-electron chi connectivity index (χ4n) is 1.87. The highest BCUT2D eigenvalue weighted by Gasteiger charge is 2.15. The molecule has 1 heterocycles. The van der Waals surface area contributed by atoms with Crippen LogP contribution in [0.3, 0.4) is 0 Å². The first-order valence-corrected chi connectivity index (χ1v) is 9.14. The standard InChI is InChI=1S/C16H16N2O3S2/c1-3-8-18-23(20,21)14-6-4-5-13(10-14)16(19)17-11-15-12(2)7-9-22-15/h1,4-7,9-10,18H,8,11H2,2H3,(H,17,19). The van der Waals surface area contributed by atoms with E-state index in [1.54, 1.807) is 17.4 Å². The minimum Gasteiger partial charge on any atom is -0.347 e. The van der Waals surface area contributed by atoms with Gasteiger partial charge in [-0.25, -0.2) is 8.42 Å². The summed E-state index contributed by atoms with van der Waals surface area (Å²) in [5.41, 5.74) is 1.40. The first-order valence-electron chi connectivity index (χ1n) is 6.78. The number of amides is 1. The summed E-state index contributed by atoms with van der Waals surface area (Å²) < 4.78 is 26.3. The van der Waals surface area contributed by atoms with Gasteiger partial charge in [0.05, 0.1) is 18.0 Å². The molecule has 0 aliphatic rings. The van der Waals surface area contributed by atoms with Crippen molar-refractivity contribution in [1.82, 2.24) is 10.0 Å². The van der Waals surface area contributed by atoms with E-state index in [-0.39, 0.29) is 22.9 Å². The monoisotopic (exact) mass is 348 g/mol. The number of thiophene rings is 1. The molecule has 0 bridgehead atoms. The predicted octanol–water partition coefficient (Wildman–Crippen LogP) is 1.90. The second kappa shape index (κ2) is 7.42. The van der Waals surface area contributed by atoms with Crippen molar-refractivity contribution in [3.63, 3.8) is 0 Å². The van der Waals surface area contributed by atoms with Crippen molar-refractivity contribution in [3.05, 3.63) is 51.7 Å². The highest BCUT2D eigenvalue weighted by atomic mass is 32.2. The Morgan fingerprint density at radius 2 is 2.13 bits per heavy atom. The molecule has 0 aliphatic heterocycles. The summed E-state index contributed by atoms with van der Waals surface area (Å²) in [6.45, 7) is 2.29. The molecule has 0 saturated carbocycles. The Hall–Kier alpha value is -2.14. The van der Waals surface area contributed by atoms with Crippen LogP contribution in [0, 0.1) is 19.3 Å². The summed E-state index contributed by atoms with van der Waals surface area (Å²) >= 11 is 1.56. The van der Waals surface area contributed by atoms with Crippen LogP contribution in [0.25, 0.3) is 0 Å². The molecule has 0 spiro atoms. The van der Waals surface area contributed by atoms with E-state index in [1.165, 1.54) is 18.2 Å². The second-order valence-electron chi connectivity index (χ2n) is 4.77. The van der Waals surface area contributed by atoms with Gasteiger partial charge in [-0.15, -0.1) is 17.8 Å². The molecule has 2 aromatic rings. The zero-order valence-electron chi connectivity index (χ0n) is 12.5. The molecule has 0 atom stereocenters. The maximum Gasteiger partial charge on any atom is 0.251 e. The summed E-state index contributed by atoms with van der Waals surface area (Å²) in [6, 6.07) is 7.82. The van der Waals surface area contributed by atoms with Crippen LogP contribution in [-0.2, 0) is 16.6 Å². The van der Waals surface area contributed by atoms with Gasteiger partial charge in [0.2, 0.25) is 10.0 Å². The molecule has 0 fully saturated rings. The smallest absolute Gasteiger partial charge is 0.251 e. The van der Waals surface area contributed by atoms with Crippen LogP contribution in [0.15, 0.2) is 40.6 Å². The third-order valence-corrected chi connectivity index (χ3v) is 5.57. The van der Waals surface area contributed by atoms with Gasteiger partial charge in [-0.2, -0.15) is 4.72 Å². The number of rotatable bonds is 6. The third-order valence-electron chi connectivity index (χ3n) is 3.15. The number of benzene rings is 1. The predicted molar refractivity (Wildman–Crippen MR) is 90.7 cm³/mol. The topological polar surface area (TPSA) is 75.3 Å². The normalized spacial score (nSPS) is 11.0. The van der Waals surface area contributed by atoms with E-state index in [2.05, 4.69) is 16.0 Å². The van der Waals surface area contributed by atoms with Gasteiger partial charge >= 0.3 is 0 Å². The molecule has 5 nitrogen and oxygen atoms in total. The first kappa shape index (κ1) is 17.2. The summed E-state index contributed by atoms with van der Waals surface area (Å²) in [4.78, 5) is 13.3. The highest BCUT2D eigenvalue weighted by Crippen LogP contribution is 2.16. The molecule has 0 saturated heterocycles.